The third-order valence-corrected chi connectivity index (χ3v) is 4.01. The predicted molar refractivity (Wildman–Crippen MR) is 79.6 cm³/mol. The molecule has 4 aromatic rings. The van der Waals surface area contributed by atoms with E-state index in [2.05, 4.69) is 28.2 Å². The molecule has 0 radical (unpaired) electrons. The number of nitrogens with zero attached hydrogens (tertiary/aromatic N) is 2. The second kappa shape index (κ2) is 4.31. The van der Waals surface area contributed by atoms with Crippen LogP contribution < -0.4 is 0 Å². The van der Waals surface area contributed by atoms with Gasteiger partial charge >= 0.3 is 0 Å². The van der Waals surface area contributed by atoms with Crippen molar-refractivity contribution in [2.75, 3.05) is 0 Å². The van der Waals surface area contributed by atoms with Crippen molar-refractivity contribution in [2.45, 2.75) is 6.92 Å². The summed E-state index contributed by atoms with van der Waals surface area (Å²) in [5.41, 5.74) is 2.06. The first kappa shape index (κ1) is 11.4. The molecule has 4 nitrogen and oxygen atoms in total. The second-order valence-electron chi connectivity index (χ2n) is 4.64. The maximum Gasteiger partial charge on any atom is 0.217 e. The highest BCUT2D eigenvalue weighted by molar-refractivity contribution is 7.13. The van der Waals surface area contributed by atoms with Crippen molar-refractivity contribution in [2.24, 2.45) is 0 Å². The first-order valence-electron chi connectivity index (χ1n) is 6.26. The van der Waals surface area contributed by atoms with Crippen molar-refractivity contribution in [3.05, 3.63) is 47.3 Å². The quantitative estimate of drug-likeness (QED) is 0.597. The molecule has 20 heavy (non-hydrogen) atoms. The van der Waals surface area contributed by atoms with Crippen LogP contribution in [-0.4, -0.2) is 15.2 Å². The molecule has 98 valence electrons. The summed E-state index contributed by atoms with van der Waals surface area (Å²) in [5.74, 6) is 2.04. The van der Waals surface area contributed by atoms with E-state index in [4.69, 9.17) is 4.42 Å². The lowest BCUT2D eigenvalue weighted by molar-refractivity contribution is 0.625. The number of H-pyrrole nitrogens is 1. The fourth-order valence-corrected chi connectivity index (χ4v) is 2.83. The van der Waals surface area contributed by atoms with Crippen molar-refractivity contribution in [3.8, 4) is 22.3 Å². The van der Waals surface area contributed by atoms with Gasteiger partial charge in [-0.25, -0.2) is 4.98 Å². The maximum atomic E-state index is 5.80. The van der Waals surface area contributed by atoms with E-state index in [1.807, 2.05) is 35.7 Å². The first-order valence-corrected chi connectivity index (χ1v) is 7.14. The normalized spacial score (nSPS) is 11.2. The fraction of sp³-hybridized carbons (Fsp3) is 0.0667. The van der Waals surface area contributed by atoms with E-state index in [-0.39, 0.29) is 0 Å². The van der Waals surface area contributed by atoms with Gasteiger partial charge in [-0.3, -0.25) is 5.10 Å². The number of nitrogens with one attached hydrogen (secondary N) is 1. The molecule has 1 aromatic carbocycles. The molecule has 0 saturated heterocycles. The molecule has 3 heterocycles. The topological polar surface area (TPSA) is 54.7 Å². The van der Waals surface area contributed by atoms with Gasteiger partial charge in [-0.2, -0.15) is 0 Å². The summed E-state index contributed by atoms with van der Waals surface area (Å²) in [6.07, 6.45) is 0. The minimum absolute atomic E-state index is 0.585. The molecule has 0 amide bonds. The molecule has 0 aliphatic heterocycles. The molecule has 0 fully saturated rings. The van der Waals surface area contributed by atoms with Crippen LogP contribution >= 0.6 is 11.3 Å². The summed E-state index contributed by atoms with van der Waals surface area (Å²) >= 11 is 1.63. The van der Waals surface area contributed by atoms with E-state index >= 15 is 0 Å². The largest absolute Gasteiger partial charge is 0.453 e. The number of aromatic nitrogens is 3. The summed E-state index contributed by atoms with van der Waals surface area (Å²) in [5, 5.41) is 10.3. The Morgan fingerprint density at radius 3 is 3.00 bits per heavy atom. The Kier molecular flexibility index (Phi) is 2.47. The summed E-state index contributed by atoms with van der Waals surface area (Å²) in [4.78, 5) is 5.56. The van der Waals surface area contributed by atoms with Crippen molar-refractivity contribution in [3.63, 3.8) is 0 Å². The van der Waals surface area contributed by atoms with E-state index in [9.17, 15) is 0 Å². The van der Waals surface area contributed by atoms with Crippen LogP contribution in [-0.2, 0) is 0 Å². The first-order chi connectivity index (χ1) is 9.79. The zero-order chi connectivity index (χ0) is 13.5. The molecule has 0 unspecified atom stereocenters. The number of aryl methyl sites for hydroxylation is 1. The monoisotopic (exact) mass is 281 g/mol. The van der Waals surface area contributed by atoms with Gasteiger partial charge in [0, 0.05) is 5.39 Å². The molecule has 4 rings (SSSR count). The van der Waals surface area contributed by atoms with Crippen LogP contribution in [0.2, 0.25) is 0 Å². The van der Waals surface area contributed by atoms with Gasteiger partial charge in [0.2, 0.25) is 5.82 Å². The third-order valence-electron chi connectivity index (χ3n) is 3.13. The third kappa shape index (κ3) is 1.83. The number of rotatable bonds is 2. The van der Waals surface area contributed by atoms with Gasteiger partial charge in [-0.15, -0.1) is 16.4 Å². The summed E-state index contributed by atoms with van der Waals surface area (Å²) in [7, 11) is 0. The van der Waals surface area contributed by atoms with Crippen LogP contribution in [0.15, 0.2) is 46.2 Å². The fourth-order valence-electron chi connectivity index (χ4n) is 2.17. The Hall–Kier alpha value is -2.40. The van der Waals surface area contributed by atoms with E-state index in [1.54, 1.807) is 11.3 Å². The van der Waals surface area contributed by atoms with Gasteiger partial charge in [0.1, 0.15) is 5.58 Å². The molecular weight excluding hydrogens is 270 g/mol. The van der Waals surface area contributed by atoms with Crippen molar-refractivity contribution < 1.29 is 4.42 Å². The number of benzene rings is 1. The highest BCUT2D eigenvalue weighted by atomic mass is 32.1. The molecule has 0 aliphatic carbocycles. The Bertz CT molecular complexity index is 874. The van der Waals surface area contributed by atoms with Gasteiger partial charge in [0.25, 0.3) is 0 Å². The van der Waals surface area contributed by atoms with Crippen LogP contribution in [0.5, 0.6) is 0 Å². The Morgan fingerprint density at radius 2 is 2.15 bits per heavy atom. The summed E-state index contributed by atoms with van der Waals surface area (Å²) < 4.78 is 5.80. The van der Waals surface area contributed by atoms with Crippen LogP contribution in [0.3, 0.4) is 0 Å². The molecule has 0 saturated carbocycles. The molecule has 0 spiro atoms. The standard InChI is InChI=1S/C15H11N3OS/c1-9-4-5-11-10(7-9)8-12(19-11)14-16-15(18-17-14)13-3-2-6-20-13/h2-8H,1H3,(H,16,17,18). The Balaban J connectivity index is 1.79. The number of furan rings is 1. The van der Waals surface area contributed by atoms with Crippen molar-refractivity contribution in [1.82, 2.24) is 15.2 Å². The minimum atomic E-state index is 0.585. The van der Waals surface area contributed by atoms with Gasteiger partial charge in [0.05, 0.1) is 4.88 Å². The van der Waals surface area contributed by atoms with Crippen molar-refractivity contribution >= 4 is 22.3 Å². The SMILES string of the molecule is Cc1ccc2oc(-c3n[nH]c(-c4cccs4)n3)cc2c1. The predicted octanol–water partition coefficient (Wildman–Crippen LogP) is 4.25. The van der Waals surface area contributed by atoms with Gasteiger partial charge < -0.3 is 4.42 Å². The molecule has 1 N–H and O–H groups in total. The van der Waals surface area contributed by atoms with Crippen molar-refractivity contribution in [1.29, 1.82) is 0 Å². The lowest BCUT2D eigenvalue weighted by Gasteiger charge is -1.89. The number of hydrogen-bond donors (Lipinski definition) is 1. The Morgan fingerprint density at radius 1 is 1.20 bits per heavy atom. The number of fused-ring (bicyclic) bond motifs is 1. The lowest BCUT2D eigenvalue weighted by atomic mass is 10.2. The highest BCUT2D eigenvalue weighted by Crippen LogP contribution is 2.28. The maximum absolute atomic E-state index is 5.80. The zero-order valence-electron chi connectivity index (χ0n) is 10.8. The number of aromatic amines is 1. The minimum Gasteiger partial charge on any atom is -0.453 e. The lowest BCUT2D eigenvalue weighted by Crippen LogP contribution is -1.75. The summed E-state index contributed by atoms with van der Waals surface area (Å²) in [6.45, 7) is 2.06. The van der Waals surface area contributed by atoms with Gasteiger partial charge in [0.15, 0.2) is 11.6 Å². The van der Waals surface area contributed by atoms with Gasteiger partial charge in [-0.05, 0) is 36.6 Å². The van der Waals surface area contributed by atoms with E-state index in [1.165, 1.54) is 5.56 Å². The number of hydrogen-bond acceptors (Lipinski definition) is 4. The number of thiophene rings is 1. The molecule has 0 bridgehead atoms. The van der Waals surface area contributed by atoms with Crippen LogP contribution in [0.4, 0.5) is 0 Å². The van der Waals surface area contributed by atoms with Crippen LogP contribution in [0, 0.1) is 6.92 Å². The second-order valence-corrected chi connectivity index (χ2v) is 5.58. The van der Waals surface area contributed by atoms with E-state index in [0.717, 1.165) is 21.7 Å². The van der Waals surface area contributed by atoms with Gasteiger partial charge in [-0.1, -0.05) is 17.7 Å². The van der Waals surface area contributed by atoms with Crippen LogP contribution in [0.25, 0.3) is 33.3 Å². The van der Waals surface area contributed by atoms with Crippen LogP contribution in [0.1, 0.15) is 5.56 Å². The molecular formula is C15H11N3OS. The molecule has 0 atom stereocenters. The zero-order valence-corrected chi connectivity index (χ0v) is 11.6. The Labute approximate surface area is 119 Å². The highest BCUT2D eigenvalue weighted by Gasteiger charge is 2.12. The molecule has 3 aromatic heterocycles. The molecule has 5 heteroatoms. The average molecular weight is 281 g/mol. The van der Waals surface area contributed by atoms with E-state index < -0.39 is 0 Å². The van der Waals surface area contributed by atoms with E-state index in [0.29, 0.717) is 11.6 Å². The molecule has 0 aliphatic rings. The average Bonchev–Trinajstić information content (AvgIpc) is 3.17. The summed E-state index contributed by atoms with van der Waals surface area (Å²) in [6, 6.07) is 12.1. The smallest absolute Gasteiger partial charge is 0.217 e.